The normalized spacial score (nSPS) is 12.7. The van der Waals surface area contributed by atoms with Gasteiger partial charge < -0.3 is 18.9 Å². The summed E-state index contributed by atoms with van der Waals surface area (Å²) >= 11 is 0. The number of fused-ring (bicyclic) bond motifs is 9. The molecule has 0 aliphatic carbocycles. The number of rotatable bonds is 8. The van der Waals surface area contributed by atoms with Gasteiger partial charge in [0.15, 0.2) is 0 Å². The first-order chi connectivity index (χ1) is 41.2. The summed E-state index contributed by atoms with van der Waals surface area (Å²) in [6, 6.07) is 91.6. The Morgan fingerprint density at radius 1 is 0.244 bits per heavy atom. The Bertz CT molecular complexity index is 4830. The van der Waals surface area contributed by atoms with Gasteiger partial charge in [0.05, 0.1) is 44.8 Å². The van der Waals surface area contributed by atoms with E-state index in [1.165, 1.54) is 92.8 Å². The van der Waals surface area contributed by atoms with Crippen molar-refractivity contribution in [1.82, 2.24) is 9.13 Å². The molecule has 4 nitrogen and oxygen atoms in total. The summed E-state index contributed by atoms with van der Waals surface area (Å²) < 4.78 is 4.97. The average Bonchev–Trinajstić information content (AvgIpc) is 1.61. The Kier molecular flexibility index (Phi) is 12.8. The molecule has 4 heteroatoms. The van der Waals surface area contributed by atoms with Gasteiger partial charge in [-0.1, -0.05) is 210 Å². The van der Waals surface area contributed by atoms with Crippen LogP contribution in [0.15, 0.2) is 243 Å². The minimum atomic E-state index is 0.000368. The van der Waals surface area contributed by atoms with Crippen molar-refractivity contribution >= 4 is 110 Å². The molecule has 0 N–H and O–H groups in total. The minimum absolute atomic E-state index is 0.000368. The number of benzene rings is 12. The maximum atomic E-state index is 2.51. The molecule has 0 aliphatic heterocycles. The molecule has 14 rings (SSSR count). The van der Waals surface area contributed by atoms with E-state index in [4.69, 9.17) is 0 Å². The summed E-state index contributed by atoms with van der Waals surface area (Å²) in [7, 11) is 0. The minimum Gasteiger partial charge on any atom is -0.310 e. The zero-order valence-electron chi connectivity index (χ0n) is 51.9. The van der Waals surface area contributed by atoms with E-state index in [2.05, 4.69) is 345 Å². The lowest BCUT2D eigenvalue weighted by molar-refractivity contribution is 0.590. The quantitative estimate of drug-likeness (QED) is 0.151. The number of nitrogens with zero attached hydrogens (tertiary/aromatic N) is 4. The van der Waals surface area contributed by atoms with Crippen molar-refractivity contribution in [3.05, 3.63) is 265 Å². The number of anilines is 6. The third kappa shape index (κ3) is 9.29. The molecule has 0 unspecified atom stereocenters. The van der Waals surface area contributed by atoms with E-state index >= 15 is 0 Å². The molecule has 2 heterocycles. The molecule has 14 aromatic rings. The van der Waals surface area contributed by atoms with Gasteiger partial charge in [0.1, 0.15) is 0 Å². The second kappa shape index (κ2) is 20.1. The van der Waals surface area contributed by atoms with Crippen molar-refractivity contribution in [2.45, 2.75) is 105 Å². The maximum Gasteiger partial charge on any atom is 0.0542 e. The smallest absolute Gasteiger partial charge is 0.0542 e. The highest BCUT2D eigenvalue weighted by Crippen LogP contribution is 2.48. The largest absolute Gasteiger partial charge is 0.310 e. The zero-order chi connectivity index (χ0) is 59.6. The van der Waals surface area contributed by atoms with E-state index in [9.17, 15) is 0 Å². The molecule has 0 fully saturated rings. The fourth-order valence-corrected chi connectivity index (χ4v) is 13.3. The lowest BCUT2D eigenvalue weighted by Crippen LogP contribution is -2.14. The second-order valence-corrected chi connectivity index (χ2v) is 28.0. The molecule has 0 spiro atoms. The van der Waals surface area contributed by atoms with Crippen LogP contribution in [-0.2, 0) is 21.7 Å². The molecule has 0 atom stereocenters. The van der Waals surface area contributed by atoms with Crippen LogP contribution in [0, 0.1) is 0 Å². The number of hydrogen-bond acceptors (Lipinski definition) is 2. The lowest BCUT2D eigenvalue weighted by Gasteiger charge is -2.31. The van der Waals surface area contributed by atoms with E-state index in [1.807, 2.05) is 0 Å². The van der Waals surface area contributed by atoms with Crippen molar-refractivity contribution in [2.24, 2.45) is 0 Å². The Labute approximate surface area is 507 Å². The fraction of sp³-hybridized carbons (Fsp3) is 0.195. The van der Waals surface area contributed by atoms with Crippen molar-refractivity contribution in [2.75, 3.05) is 9.80 Å². The molecular formula is C82H76N4. The summed E-state index contributed by atoms with van der Waals surface area (Å²) in [6.07, 6.45) is 0. The predicted octanol–water partition coefficient (Wildman–Crippen LogP) is 23.5. The summed E-state index contributed by atoms with van der Waals surface area (Å²) in [5.41, 5.74) is 18.9. The van der Waals surface area contributed by atoms with E-state index in [-0.39, 0.29) is 21.7 Å². The summed E-state index contributed by atoms with van der Waals surface area (Å²) in [5.74, 6) is 0. The standard InChI is InChI=1S/C82H76N4/c1-79(2,3)55-34-42-75-67(48-55)68-49-56(80(4,5)6)35-43-76(68)84(75)60-40-38-59(39-41-60)83(71-32-19-24-53-22-13-15-28-63(53)71)61-26-21-27-62(52-61)85(72-33-20-25-54-23-14-16-29-64(54)72)73-46-47-74(66-31-18-17-30-65(66)73)86-77-44-36-57(81(7,8)9)50-69(77)70-51-58(82(10,11)12)37-45-78(70)86/h13-52H,1-12H3. The molecule has 12 aromatic carbocycles. The van der Waals surface area contributed by atoms with Crippen LogP contribution < -0.4 is 9.80 Å². The lowest BCUT2D eigenvalue weighted by atomic mass is 9.85. The fourth-order valence-electron chi connectivity index (χ4n) is 13.3. The molecule has 0 bridgehead atoms. The van der Waals surface area contributed by atoms with Crippen LogP contribution in [-0.4, -0.2) is 9.13 Å². The molecule has 0 radical (unpaired) electrons. The topological polar surface area (TPSA) is 16.3 Å². The van der Waals surface area contributed by atoms with Gasteiger partial charge in [-0.25, -0.2) is 0 Å². The van der Waals surface area contributed by atoms with Gasteiger partial charge in [-0.3, -0.25) is 0 Å². The Morgan fingerprint density at radius 2 is 0.605 bits per heavy atom. The molecule has 0 aliphatic rings. The summed E-state index contributed by atoms with van der Waals surface area (Å²) in [6.45, 7) is 27.7. The van der Waals surface area contributed by atoms with Crippen LogP contribution in [0.4, 0.5) is 34.1 Å². The SMILES string of the molecule is CC(C)(C)c1ccc2c(c1)c1cc(C(C)(C)C)ccc1n2-c1ccc(N(c2cccc(N(c3cccc4ccccc34)c3ccc(-n4c5ccc(C(C)(C)C)cc5c5cc(C(C)(C)C)ccc54)c4ccccc34)c2)c2cccc3ccccc23)cc1. The molecule has 424 valence electrons. The third-order valence-corrected chi connectivity index (χ3v) is 18.1. The van der Waals surface area contributed by atoms with Crippen LogP contribution in [0.3, 0.4) is 0 Å². The first-order valence-electron chi connectivity index (χ1n) is 30.7. The first-order valence-corrected chi connectivity index (χ1v) is 30.7. The Balaban J connectivity index is 0.961. The van der Waals surface area contributed by atoms with Gasteiger partial charge in [0, 0.05) is 65.8 Å². The molecule has 0 saturated heterocycles. The first kappa shape index (κ1) is 54.6. The van der Waals surface area contributed by atoms with E-state index in [1.54, 1.807) is 0 Å². The van der Waals surface area contributed by atoms with Gasteiger partial charge in [0.2, 0.25) is 0 Å². The molecule has 86 heavy (non-hydrogen) atoms. The summed E-state index contributed by atoms with van der Waals surface area (Å²) in [4.78, 5) is 4.95. The predicted molar refractivity (Wildman–Crippen MR) is 372 cm³/mol. The number of aromatic nitrogens is 2. The summed E-state index contributed by atoms with van der Waals surface area (Å²) in [5, 5.41) is 12.2. The van der Waals surface area contributed by atoms with Gasteiger partial charge in [0.25, 0.3) is 0 Å². The van der Waals surface area contributed by atoms with Crippen molar-refractivity contribution in [3.8, 4) is 11.4 Å². The van der Waals surface area contributed by atoms with E-state index < -0.39 is 0 Å². The van der Waals surface area contributed by atoms with E-state index in [0.717, 1.165) is 50.9 Å². The molecular weight excluding hydrogens is 1040 g/mol. The van der Waals surface area contributed by atoms with Crippen molar-refractivity contribution in [1.29, 1.82) is 0 Å². The second-order valence-electron chi connectivity index (χ2n) is 28.0. The van der Waals surface area contributed by atoms with Gasteiger partial charge in [-0.15, -0.1) is 0 Å². The van der Waals surface area contributed by atoms with Crippen LogP contribution >= 0.6 is 0 Å². The highest BCUT2D eigenvalue weighted by molar-refractivity contribution is 6.14. The average molecular weight is 1120 g/mol. The molecule has 2 aromatic heterocycles. The van der Waals surface area contributed by atoms with E-state index in [0.29, 0.717) is 0 Å². The van der Waals surface area contributed by atoms with Crippen molar-refractivity contribution < 1.29 is 0 Å². The van der Waals surface area contributed by atoms with Crippen molar-refractivity contribution in [3.63, 3.8) is 0 Å². The highest BCUT2D eigenvalue weighted by atomic mass is 15.2. The Hall–Kier alpha value is -9.38. The van der Waals surface area contributed by atoms with Crippen LogP contribution in [0.1, 0.15) is 105 Å². The number of hydrogen-bond donors (Lipinski definition) is 0. The van der Waals surface area contributed by atoms with Gasteiger partial charge in [-0.2, -0.15) is 0 Å². The zero-order valence-corrected chi connectivity index (χ0v) is 51.9. The van der Waals surface area contributed by atoms with Crippen LogP contribution in [0.5, 0.6) is 0 Å². The Morgan fingerprint density at radius 3 is 1.06 bits per heavy atom. The van der Waals surface area contributed by atoms with Crippen LogP contribution in [0.2, 0.25) is 0 Å². The third-order valence-electron chi connectivity index (χ3n) is 18.1. The van der Waals surface area contributed by atoms with Crippen LogP contribution in [0.25, 0.3) is 87.3 Å². The van der Waals surface area contributed by atoms with Gasteiger partial charge in [-0.05, 0) is 170 Å². The maximum absolute atomic E-state index is 2.51. The monoisotopic (exact) mass is 1120 g/mol. The molecule has 0 amide bonds. The molecule has 0 saturated carbocycles. The highest BCUT2D eigenvalue weighted by Gasteiger charge is 2.27. The van der Waals surface area contributed by atoms with Gasteiger partial charge >= 0.3 is 0 Å².